The third kappa shape index (κ3) is 2.54. The van der Waals surface area contributed by atoms with Gasteiger partial charge in [-0.1, -0.05) is 6.07 Å². The van der Waals surface area contributed by atoms with E-state index in [1.54, 1.807) is 18.5 Å². The number of hydrogen-bond donors (Lipinski definition) is 1. The van der Waals surface area contributed by atoms with E-state index in [0.29, 0.717) is 16.1 Å². The Balaban J connectivity index is 2.36. The van der Waals surface area contributed by atoms with Crippen LogP contribution in [-0.4, -0.2) is 10.1 Å². The van der Waals surface area contributed by atoms with Crippen LogP contribution >= 0.6 is 11.3 Å². The first-order valence-electron chi connectivity index (χ1n) is 5.15. The molecule has 2 nitrogen and oxygen atoms in total. The van der Waals surface area contributed by atoms with E-state index < -0.39 is 17.8 Å². The van der Waals surface area contributed by atoms with E-state index in [2.05, 4.69) is 4.98 Å². The normalized spacial score (nSPS) is 13.6. The molecule has 6 heteroatoms. The van der Waals surface area contributed by atoms with Crippen LogP contribution in [-0.2, 0) is 6.18 Å². The average molecular weight is 273 g/mol. The molecule has 18 heavy (non-hydrogen) atoms. The average Bonchev–Trinajstić information content (AvgIpc) is 2.80. The number of aryl methyl sites for hydroxylation is 1. The predicted molar refractivity (Wildman–Crippen MR) is 62.4 cm³/mol. The summed E-state index contributed by atoms with van der Waals surface area (Å²) in [5, 5.41) is 12.2. The number of aromatic nitrogens is 1. The molecule has 0 aliphatic rings. The Morgan fingerprint density at radius 2 is 2.06 bits per heavy atom. The molecule has 1 atom stereocenters. The van der Waals surface area contributed by atoms with Crippen molar-refractivity contribution < 1.29 is 18.3 Å². The Kier molecular flexibility index (Phi) is 3.41. The van der Waals surface area contributed by atoms with Crippen molar-refractivity contribution in [1.29, 1.82) is 0 Å². The molecule has 0 aliphatic carbocycles. The van der Waals surface area contributed by atoms with Crippen molar-refractivity contribution in [2.75, 3.05) is 0 Å². The van der Waals surface area contributed by atoms with Crippen molar-refractivity contribution in [1.82, 2.24) is 4.98 Å². The lowest BCUT2D eigenvalue weighted by Crippen LogP contribution is -2.08. The van der Waals surface area contributed by atoms with Crippen LogP contribution in [0.15, 0.2) is 29.8 Å². The minimum atomic E-state index is -4.37. The fraction of sp³-hybridized carbons (Fsp3) is 0.250. The molecule has 1 aromatic heterocycles. The van der Waals surface area contributed by atoms with Crippen LogP contribution in [0.5, 0.6) is 0 Å². The van der Waals surface area contributed by atoms with Gasteiger partial charge in [0.25, 0.3) is 0 Å². The Morgan fingerprint density at radius 3 is 2.56 bits per heavy atom. The highest BCUT2D eigenvalue weighted by Crippen LogP contribution is 2.33. The van der Waals surface area contributed by atoms with Gasteiger partial charge in [0, 0.05) is 11.6 Å². The van der Waals surface area contributed by atoms with Crippen molar-refractivity contribution in [3.8, 4) is 0 Å². The largest absolute Gasteiger partial charge is 0.416 e. The van der Waals surface area contributed by atoms with E-state index in [-0.39, 0.29) is 0 Å². The number of benzene rings is 1. The SMILES string of the molecule is Cc1cc(C(F)(F)F)ccc1C(O)c1nccs1. The van der Waals surface area contributed by atoms with Crippen molar-refractivity contribution in [2.45, 2.75) is 19.2 Å². The molecule has 0 bridgehead atoms. The molecular weight excluding hydrogens is 263 g/mol. The van der Waals surface area contributed by atoms with Crippen LogP contribution in [0.25, 0.3) is 0 Å². The quantitative estimate of drug-likeness (QED) is 0.907. The number of aliphatic hydroxyl groups is 1. The fourth-order valence-electron chi connectivity index (χ4n) is 1.66. The number of nitrogens with zero attached hydrogens (tertiary/aromatic N) is 1. The molecule has 0 amide bonds. The number of hydrogen-bond acceptors (Lipinski definition) is 3. The number of thiazole rings is 1. The third-order valence-corrected chi connectivity index (χ3v) is 3.41. The summed E-state index contributed by atoms with van der Waals surface area (Å²) in [6.45, 7) is 1.54. The summed E-state index contributed by atoms with van der Waals surface area (Å²) >= 11 is 1.26. The topological polar surface area (TPSA) is 33.1 Å². The van der Waals surface area contributed by atoms with E-state index in [1.165, 1.54) is 17.4 Å². The van der Waals surface area contributed by atoms with Gasteiger partial charge < -0.3 is 5.11 Å². The van der Waals surface area contributed by atoms with Gasteiger partial charge in [-0.3, -0.25) is 0 Å². The Hall–Kier alpha value is -1.40. The molecule has 0 spiro atoms. The summed E-state index contributed by atoms with van der Waals surface area (Å²) in [6.07, 6.45) is -3.80. The van der Waals surface area contributed by atoms with Crippen LogP contribution in [0.4, 0.5) is 13.2 Å². The fourth-order valence-corrected chi connectivity index (χ4v) is 2.30. The standard InChI is InChI=1S/C12H10F3NOS/c1-7-6-8(12(13,14)15)2-3-9(7)10(17)11-16-4-5-18-11/h2-6,10,17H,1H3. The molecule has 0 saturated heterocycles. The molecule has 1 aromatic carbocycles. The van der Waals surface area contributed by atoms with Crippen molar-refractivity contribution in [3.05, 3.63) is 51.5 Å². The summed E-state index contributed by atoms with van der Waals surface area (Å²) in [5.74, 6) is 0. The van der Waals surface area contributed by atoms with Crippen molar-refractivity contribution >= 4 is 11.3 Å². The zero-order chi connectivity index (χ0) is 13.3. The number of rotatable bonds is 2. The molecule has 2 rings (SSSR count). The minimum Gasteiger partial charge on any atom is -0.381 e. The van der Waals surface area contributed by atoms with Crippen LogP contribution in [0.3, 0.4) is 0 Å². The van der Waals surface area contributed by atoms with Crippen LogP contribution in [0.1, 0.15) is 27.8 Å². The first-order valence-corrected chi connectivity index (χ1v) is 6.03. The summed E-state index contributed by atoms with van der Waals surface area (Å²) in [4.78, 5) is 3.95. The Morgan fingerprint density at radius 1 is 1.33 bits per heavy atom. The van der Waals surface area contributed by atoms with Gasteiger partial charge in [0.15, 0.2) is 0 Å². The lowest BCUT2D eigenvalue weighted by atomic mass is 10.0. The second-order valence-electron chi connectivity index (χ2n) is 3.84. The zero-order valence-corrected chi connectivity index (χ0v) is 10.2. The summed E-state index contributed by atoms with van der Waals surface area (Å²) in [5.41, 5.74) is 0.126. The molecular formula is C12H10F3NOS. The van der Waals surface area contributed by atoms with Gasteiger partial charge in [0.2, 0.25) is 0 Å². The first kappa shape index (κ1) is 13.0. The van der Waals surface area contributed by atoms with E-state index in [1.807, 2.05) is 0 Å². The van der Waals surface area contributed by atoms with Gasteiger partial charge in [-0.15, -0.1) is 11.3 Å². The molecule has 1 heterocycles. The highest BCUT2D eigenvalue weighted by molar-refractivity contribution is 7.09. The minimum absolute atomic E-state index is 0.396. The summed E-state index contributed by atoms with van der Waals surface area (Å²) in [6, 6.07) is 3.30. The maximum absolute atomic E-state index is 12.5. The van der Waals surface area contributed by atoms with Gasteiger partial charge in [0.1, 0.15) is 11.1 Å². The molecule has 2 aromatic rings. The van der Waals surface area contributed by atoms with E-state index in [4.69, 9.17) is 0 Å². The Bertz CT molecular complexity index is 537. The summed E-state index contributed by atoms with van der Waals surface area (Å²) < 4.78 is 37.5. The van der Waals surface area contributed by atoms with Crippen molar-refractivity contribution in [2.24, 2.45) is 0 Å². The predicted octanol–water partition coefficient (Wildman–Crippen LogP) is 3.55. The highest BCUT2D eigenvalue weighted by atomic mass is 32.1. The van der Waals surface area contributed by atoms with Crippen LogP contribution in [0.2, 0.25) is 0 Å². The molecule has 96 valence electrons. The van der Waals surface area contributed by atoms with Crippen LogP contribution < -0.4 is 0 Å². The number of aliphatic hydroxyl groups excluding tert-OH is 1. The zero-order valence-electron chi connectivity index (χ0n) is 9.40. The lowest BCUT2D eigenvalue weighted by molar-refractivity contribution is -0.137. The highest BCUT2D eigenvalue weighted by Gasteiger charge is 2.31. The second kappa shape index (κ2) is 4.70. The number of alkyl halides is 3. The van der Waals surface area contributed by atoms with Gasteiger partial charge in [-0.25, -0.2) is 4.98 Å². The molecule has 0 fully saturated rings. The molecule has 0 radical (unpaired) electrons. The van der Waals surface area contributed by atoms with Gasteiger partial charge in [-0.05, 0) is 30.2 Å². The maximum Gasteiger partial charge on any atom is 0.416 e. The van der Waals surface area contributed by atoms with Crippen molar-refractivity contribution in [3.63, 3.8) is 0 Å². The van der Waals surface area contributed by atoms with Gasteiger partial charge in [0.05, 0.1) is 5.56 Å². The monoisotopic (exact) mass is 273 g/mol. The maximum atomic E-state index is 12.5. The molecule has 1 unspecified atom stereocenters. The smallest absolute Gasteiger partial charge is 0.381 e. The second-order valence-corrected chi connectivity index (χ2v) is 4.77. The molecule has 0 saturated carbocycles. The lowest BCUT2D eigenvalue weighted by Gasteiger charge is -2.14. The van der Waals surface area contributed by atoms with Gasteiger partial charge in [-0.2, -0.15) is 13.2 Å². The molecule has 1 N–H and O–H groups in total. The molecule has 0 aliphatic heterocycles. The van der Waals surface area contributed by atoms with E-state index in [9.17, 15) is 18.3 Å². The first-order chi connectivity index (χ1) is 8.39. The van der Waals surface area contributed by atoms with E-state index >= 15 is 0 Å². The van der Waals surface area contributed by atoms with Crippen LogP contribution in [0, 0.1) is 6.92 Å². The Labute approximate surface area is 106 Å². The van der Waals surface area contributed by atoms with Gasteiger partial charge >= 0.3 is 6.18 Å². The van der Waals surface area contributed by atoms with E-state index in [0.717, 1.165) is 12.1 Å². The summed E-state index contributed by atoms with van der Waals surface area (Å²) in [7, 11) is 0. The number of halogens is 3. The third-order valence-electron chi connectivity index (χ3n) is 2.58.